The van der Waals surface area contributed by atoms with Crippen molar-refractivity contribution in [1.29, 1.82) is 5.26 Å². The highest BCUT2D eigenvalue weighted by Gasteiger charge is 2.28. The molecule has 0 spiro atoms. The average molecular weight is 287 g/mol. The van der Waals surface area contributed by atoms with Crippen LogP contribution in [0.4, 0.5) is 0 Å². The summed E-state index contributed by atoms with van der Waals surface area (Å²) in [7, 11) is 0. The number of hydrogen-bond donors (Lipinski definition) is 1. The molecule has 1 rings (SSSR count). The van der Waals surface area contributed by atoms with E-state index in [1.165, 1.54) is 12.8 Å². The van der Waals surface area contributed by atoms with Crippen molar-refractivity contribution in [1.82, 2.24) is 4.90 Å². The molecule has 116 valence electrons. The predicted octanol–water partition coefficient (Wildman–Crippen LogP) is 3.65. The Hall–Kier alpha value is -1.37. The van der Waals surface area contributed by atoms with Crippen LogP contribution in [-0.4, -0.2) is 24.0 Å². The van der Waals surface area contributed by atoms with Crippen molar-refractivity contribution in [2.24, 2.45) is 5.73 Å². The third-order valence-corrected chi connectivity index (χ3v) is 4.29. The van der Waals surface area contributed by atoms with E-state index in [1.54, 1.807) is 0 Å². The standard InChI is InChI=1S/C18H29N3/c1-4-6-13-21(16(3)5-2)14-12-18(20,15-19)17-10-8-7-9-11-17/h7-11,16H,4-6,12-14,20H2,1-3H3. The molecule has 3 heteroatoms. The van der Waals surface area contributed by atoms with E-state index in [0.717, 1.165) is 25.1 Å². The Balaban J connectivity index is 2.74. The Morgan fingerprint density at radius 1 is 1.24 bits per heavy atom. The van der Waals surface area contributed by atoms with E-state index >= 15 is 0 Å². The Morgan fingerprint density at radius 2 is 1.90 bits per heavy atom. The van der Waals surface area contributed by atoms with Crippen molar-refractivity contribution < 1.29 is 0 Å². The van der Waals surface area contributed by atoms with Crippen LogP contribution in [0.1, 0.15) is 52.0 Å². The Labute approximate surface area is 129 Å². The predicted molar refractivity (Wildman–Crippen MR) is 88.8 cm³/mol. The molecule has 0 radical (unpaired) electrons. The lowest BCUT2D eigenvalue weighted by Crippen LogP contribution is -2.42. The topological polar surface area (TPSA) is 53.0 Å². The normalized spacial score (nSPS) is 15.4. The van der Waals surface area contributed by atoms with Gasteiger partial charge in [-0.15, -0.1) is 0 Å². The van der Waals surface area contributed by atoms with Crippen molar-refractivity contribution in [3.63, 3.8) is 0 Å². The Kier molecular flexibility index (Phi) is 7.42. The zero-order valence-corrected chi connectivity index (χ0v) is 13.7. The summed E-state index contributed by atoms with van der Waals surface area (Å²) in [5, 5.41) is 9.53. The number of nitrogens with two attached hydrogens (primary N) is 1. The van der Waals surface area contributed by atoms with Crippen molar-refractivity contribution in [3.05, 3.63) is 35.9 Å². The Morgan fingerprint density at radius 3 is 2.43 bits per heavy atom. The lowest BCUT2D eigenvalue weighted by molar-refractivity contribution is 0.187. The van der Waals surface area contributed by atoms with E-state index in [0.29, 0.717) is 12.5 Å². The molecule has 2 atom stereocenters. The highest BCUT2D eigenvalue weighted by Crippen LogP contribution is 2.22. The lowest BCUT2D eigenvalue weighted by Gasteiger charge is -2.31. The van der Waals surface area contributed by atoms with E-state index < -0.39 is 5.54 Å². The highest BCUT2D eigenvalue weighted by atomic mass is 15.1. The fourth-order valence-electron chi connectivity index (χ4n) is 2.49. The maximum absolute atomic E-state index is 9.53. The second-order valence-corrected chi connectivity index (χ2v) is 5.85. The average Bonchev–Trinajstić information content (AvgIpc) is 2.54. The summed E-state index contributed by atoms with van der Waals surface area (Å²) in [6.45, 7) is 8.63. The summed E-state index contributed by atoms with van der Waals surface area (Å²) in [4.78, 5) is 2.46. The number of hydrogen-bond acceptors (Lipinski definition) is 3. The van der Waals surface area contributed by atoms with Gasteiger partial charge >= 0.3 is 0 Å². The fourth-order valence-corrected chi connectivity index (χ4v) is 2.49. The number of benzene rings is 1. The second kappa shape index (κ2) is 8.81. The van der Waals surface area contributed by atoms with E-state index in [2.05, 4.69) is 31.7 Å². The zero-order chi connectivity index (χ0) is 15.7. The van der Waals surface area contributed by atoms with Gasteiger partial charge in [-0.05, 0) is 38.3 Å². The van der Waals surface area contributed by atoms with Crippen LogP contribution in [0.5, 0.6) is 0 Å². The van der Waals surface area contributed by atoms with E-state index in [9.17, 15) is 5.26 Å². The summed E-state index contributed by atoms with van der Waals surface area (Å²) >= 11 is 0. The molecule has 0 aromatic heterocycles. The summed E-state index contributed by atoms with van der Waals surface area (Å²) in [5.41, 5.74) is 6.37. The molecular weight excluding hydrogens is 258 g/mol. The summed E-state index contributed by atoms with van der Waals surface area (Å²) in [6.07, 6.45) is 4.18. The van der Waals surface area contributed by atoms with Gasteiger partial charge in [0.1, 0.15) is 5.54 Å². The van der Waals surface area contributed by atoms with Crippen LogP contribution in [0.15, 0.2) is 30.3 Å². The van der Waals surface area contributed by atoms with Gasteiger partial charge in [-0.2, -0.15) is 5.26 Å². The maximum Gasteiger partial charge on any atom is 0.131 e. The van der Waals surface area contributed by atoms with Crippen molar-refractivity contribution in [2.75, 3.05) is 13.1 Å². The van der Waals surface area contributed by atoms with Crippen molar-refractivity contribution >= 4 is 0 Å². The molecule has 0 bridgehead atoms. The molecule has 1 aromatic carbocycles. The Bertz CT molecular complexity index is 438. The van der Waals surface area contributed by atoms with Gasteiger partial charge in [-0.25, -0.2) is 0 Å². The lowest BCUT2D eigenvalue weighted by atomic mass is 9.89. The summed E-state index contributed by atoms with van der Waals surface area (Å²) in [5.74, 6) is 0. The SMILES string of the molecule is CCCCN(CCC(N)(C#N)c1ccccc1)C(C)CC. The molecule has 1 aromatic rings. The van der Waals surface area contributed by atoms with E-state index in [-0.39, 0.29) is 0 Å². The van der Waals surface area contributed by atoms with Gasteiger partial charge in [0, 0.05) is 12.6 Å². The van der Waals surface area contributed by atoms with Gasteiger partial charge in [-0.3, -0.25) is 0 Å². The van der Waals surface area contributed by atoms with Crippen molar-refractivity contribution in [3.8, 4) is 6.07 Å². The van der Waals surface area contributed by atoms with Crippen LogP contribution in [0, 0.1) is 11.3 Å². The number of nitriles is 1. The first-order chi connectivity index (χ1) is 10.1. The molecule has 2 unspecified atom stereocenters. The largest absolute Gasteiger partial charge is 0.310 e. The molecule has 2 N–H and O–H groups in total. The molecule has 0 fully saturated rings. The summed E-state index contributed by atoms with van der Waals surface area (Å²) in [6, 6.07) is 12.6. The van der Waals surface area contributed by atoms with Crippen LogP contribution >= 0.6 is 0 Å². The van der Waals surface area contributed by atoms with Crippen LogP contribution in [0.2, 0.25) is 0 Å². The summed E-state index contributed by atoms with van der Waals surface area (Å²) < 4.78 is 0. The smallest absolute Gasteiger partial charge is 0.131 e. The minimum Gasteiger partial charge on any atom is -0.310 e. The van der Waals surface area contributed by atoms with Crippen LogP contribution < -0.4 is 5.73 Å². The molecule has 0 aliphatic rings. The highest BCUT2D eigenvalue weighted by molar-refractivity contribution is 5.30. The van der Waals surface area contributed by atoms with Gasteiger partial charge in [-0.1, -0.05) is 50.6 Å². The van der Waals surface area contributed by atoms with Gasteiger partial charge < -0.3 is 10.6 Å². The first-order valence-electron chi connectivity index (χ1n) is 8.07. The van der Waals surface area contributed by atoms with Gasteiger partial charge in [0.05, 0.1) is 6.07 Å². The van der Waals surface area contributed by atoms with E-state index in [1.807, 2.05) is 30.3 Å². The minimum absolute atomic E-state index is 0.537. The number of unbranched alkanes of at least 4 members (excludes halogenated alkanes) is 1. The molecule has 0 aliphatic carbocycles. The van der Waals surface area contributed by atoms with E-state index in [4.69, 9.17) is 5.73 Å². The number of rotatable bonds is 9. The zero-order valence-electron chi connectivity index (χ0n) is 13.7. The molecule has 3 nitrogen and oxygen atoms in total. The third-order valence-electron chi connectivity index (χ3n) is 4.29. The first kappa shape index (κ1) is 17.7. The molecule has 0 saturated carbocycles. The third kappa shape index (κ3) is 5.15. The molecule has 0 aliphatic heterocycles. The van der Waals surface area contributed by atoms with Gasteiger partial charge in [0.25, 0.3) is 0 Å². The van der Waals surface area contributed by atoms with Crippen molar-refractivity contribution in [2.45, 2.75) is 58.0 Å². The quantitative estimate of drug-likeness (QED) is 0.754. The molecule has 0 heterocycles. The van der Waals surface area contributed by atoms with Gasteiger partial charge in [0.15, 0.2) is 0 Å². The molecule has 21 heavy (non-hydrogen) atoms. The van der Waals surface area contributed by atoms with Crippen LogP contribution in [0.3, 0.4) is 0 Å². The number of nitrogens with zero attached hydrogens (tertiary/aromatic N) is 2. The second-order valence-electron chi connectivity index (χ2n) is 5.85. The maximum atomic E-state index is 9.53. The molecule has 0 saturated heterocycles. The van der Waals surface area contributed by atoms with Crippen LogP contribution in [-0.2, 0) is 5.54 Å². The van der Waals surface area contributed by atoms with Crippen LogP contribution in [0.25, 0.3) is 0 Å². The molecule has 0 amide bonds. The minimum atomic E-state index is -0.890. The fraction of sp³-hybridized carbons (Fsp3) is 0.611. The molecular formula is C18H29N3. The van der Waals surface area contributed by atoms with Gasteiger partial charge in [0.2, 0.25) is 0 Å². The first-order valence-corrected chi connectivity index (χ1v) is 8.07. The monoisotopic (exact) mass is 287 g/mol.